The van der Waals surface area contributed by atoms with Crippen molar-refractivity contribution in [3.8, 4) is 0 Å². The lowest BCUT2D eigenvalue weighted by molar-refractivity contribution is 0.249. The van der Waals surface area contributed by atoms with Crippen LogP contribution in [-0.4, -0.2) is 17.8 Å². The van der Waals surface area contributed by atoms with E-state index in [-0.39, 0.29) is 12.6 Å². The minimum Gasteiger partial charge on any atom is -0.394 e. The van der Waals surface area contributed by atoms with Crippen LogP contribution in [0.4, 0.5) is 5.69 Å². The molecule has 0 aromatic heterocycles. The molecule has 0 aliphatic carbocycles. The highest BCUT2D eigenvalue weighted by molar-refractivity contribution is 6.30. The highest BCUT2D eigenvalue weighted by atomic mass is 35.5. The van der Waals surface area contributed by atoms with Crippen molar-refractivity contribution in [2.75, 3.05) is 11.9 Å². The first-order chi connectivity index (χ1) is 7.04. The molecule has 0 saturated carbocycles. The molecule has 0 aliphatic rings. The first-order valence-electron chi connectivity index (χ1n) is 5.18. The van der Waals surface area contributed by atoms with Gasteiger partial charge in [0.1, 0.15) is 0 Å². The average molecular weight is 228 g/mol. The summed E-state index contributed by atoms with van der Waals surface area (Å²) in [5, 5.41) is 13.2. The molecule has 0 aliphatic heterocycles. The standard InChI is InChI=1S/C12H18ClNO/c1-8(2)12(7-15)14-11-6-10(13)5-4-9(11)3/h4-6,8,12,14-15H,7H2,1-3H3. The van der Waals surface area contributed by atoms with E-state index in [2.05, 4.69) is 19.2 Å². The summed E-state index contributed by atoms with van der Waals surface area (Å²) in [4.78, 5) is 0. The van der Waals surface area contributed by atoms with Gasteiger partial charge in [-0.1, -0.05) is 31.5 Å². The topological polar surface area (TPSA) is 32.3 Å². The maximum atomic E-state index is 9.22. The molecule has 0 amide bonds. The first kappa shape index (κ1) is 12.3. The number of benzene rings is 1. The number of aryl methyl sites for hydroxylation is 1. The molecular formula is C12H18ClNO. The molecule has 2 nitrogen and oxygen atoms in total. The molecule has 2 N–H and O–H groups in total. The van der Waals surface area contributed by atoms with Gasteiger partial charge in [-0.3, -0.25) is 0 Å². The Balaban J connectivity index is 2.82. The minimum atomic E-state index is 0.0715. The zero-order chi connectivity index (χ0) is 11.4. The van der Waals surface area contributed by atoms with Gasteiger partial charge in [0.05, 0.1) is 12.6 Å². The lowest BCUT2D eigenvalue weighted by Gasteiger charge is -2.22. The van der Waals surface area contributed by atoms with Crippen molar-refractivity contribution in [3.05, 3.63) is 28.8 Å². The molecule has 1 aromatic carbocycles. The van der Waals surface area contributed by atoms with Crippen molar-refractivity contribution in [1.82, 2.24) is 0 Å². The predicted molar refractivity (Wildman–Crippen MR) is 65.5 cm³/mol. The van der Waals surface area contributed by atoms with E-state index in [1.165, 1.54) is 0 Å². The Bertz CT molecular complexity index is 325. The zero-order valence-electron chi connectivity index (χ0n) is 9.42. The third-order valence-corrected chi connectivity index (χ3v) is 2.78. The van der Waals surface area contributed by atoms with Crippen LogP contribution >= 0.6 is 11.6 Å². The van der Waals surface area contributed by atoms with Crippen molar-refractivity contribution in [1.29, 1.82) is 0 Å². The Kier molecular flexibility index (Phi) is 4.43. The number of rotatable bonds is 4. The van der Waals surface area contributed by atoms with Crippen molar-refractivity contribution < 1.29 is 5.11 Å². The van der Waals surface area contributed by atoms with Gasteiger partial charge in [-0.15, -0.1) is 0 Å². The average Bonchev–Trinajstić information content (AvgIpc) is 2.18. The fourth-order valence-corrected chi connectivity index (χ4v) is 1.54. The van der Waals surface area contributed by atoms with Gasteiger partial charge in [-0.2, -0.15) is 0 Å². The fourth-order valence-electron chi connectivity index (χ4n) is 1.37. The molecule has 1 atom stereocenters. The van der Waals surface area contributed by atoms with E-state index in [1.807, 2.05) is 25.1 Å². The smallest absolute Gasteiger partial charge is 0.0635 e. The second-order valence-corrected chi connectivity index (χ2v) is 4.57. The maximum absolute atomic E-state index is 9.22. The highest BCUT2D eigenvalue weighted by Gasteiger charge is 2.12. The van der Waals surface area contributed by atoms with Crippen LogP contribution in [0.3, 0.4) is 0 Å². The van der Waals surface area contributed by atoms with Crippen LogP contribution < -0.4 is 5.32 Å². The highest BCUT2D eigenvalue weighted by Crippen LogP contribution is 2.22. The monoisotopic (exact) mass is 227 g/mol. The van der Waals surface area contributed by atoms with Crippen LogP contribution in [-0.2, 0) is 0 Å². The van der Waals surface area contributed by atoms with Gasteiger partial charge in [0.15, 0.2) is 0 Å². The third-order valence-electron chi connectivity index (χ3n) is 2.54. The van der Waals surface area contributed by atoms with Gasteiger partial charge < -0.3 is 10.4 Å². The summed E-state index contributed by atoms with van der Waals surface area (Å²) in [6.07, 6.45) is 0. The molecule has 3 heteroatoms. The predicted octanol–water partition coefficient (Wildman–Crippen LogP) is 3.08. The number of hydrogen-bond donors (Lipinski definition) is 2. The molecular weight excluding hydrogens is 210 g/mol. The van der Waals surface area contributed by atoms with Crippen molar-refractivity contribution in [3.63, 3.8) is 0 Å². The summed E-state index contributed by atoms with van der Waals surface area (Å²) in [5.74, 6) is 0.383. The maximum Gasteiger partial charge on any atom is 0.0635 e. The summed E-state index contributed by atoms with van der Waals surface area (Å²) in [6, 6.07) is 5.80. The number of nitrogens with one attached hydrogen (secondary N) is 1. The third kappa shape index (κ3) is 3.40. The van der Waals surface area contributed by atoms with Crippen LogP contribution in [0.15, 0.2) is 18.2 Å². The van der Waals surface area contributed by atoms with E-state index >= 15 is 0 Å². The Hall–Kier alpha value is -0.730. The second-order valence-electron chi connectivity index (χ2n) is 4.14. The largest absolute Gasteiger partial charge is 0.394 e. The second kappa shape index (κ2) is 5.38. The first-order valence-corrected chi connectivity index (χ1v) is 5.56. The number of aliphatic hydroxyl groups excluding tert-OH is 1. The minimum absolute atomic E-state index is 0.0715. The van der Waals surface area contributed by atoms with Crippen LogP contribution in [0.25, 0.3) is 0 Å². The lowest BCUT2D eigenvalue weighted by Crippen LogP contribution is -2.29. The number of aliphatic hydroxyl groups is 1. The summed E-state index contributed by atoms with van der Waals surface area (Å²) in [5.41, 5.74) is 2.13. The van der Waals surface area contributed by atoms with Gasteiger partial charge in [0.2, 0.25) is 0 Å². The Labute approximate surface area is 96.3 Å². The summed E-state index contributed by atoms with van der Waals surface area (Å²) in [6.45, 7) is 6.30. The molecule has 0 fully saturated rings. The van der Waals surface area contributed by atoms with Gasteiger partial charge >= 0.3 is 0 Å². The van der Waals surface area contributed by atoms with Gasteiger partial charge in [-0.05, 0) is 30.5 Å². The molecule has 0 spiro atoms. The van der Waals surface area contributed by atoms with E-state index in [4.69, 9.17) is 11.6 Å². The van der Waals surface area contributed by atoms with Crippen molar-refractivity contribution in [2.24, 2.45) is 5.92 Å². The van der Waals surface area contributed by atoms with Crippen LogP contribution in [0.5, 0.6) is 0 Å². The van der Waals surface area contributed by atoms with Crippen LogP contribution in [0.2, 0.25) is 5.02 Å². The zero-order valence-corrected chi connectivity index (χ0v) is 10.2. The van der Waals surface area contributed by atoms with Gasteiger partial charge in [-0.25, -0.2) is 0 Å². The number of anilines is 1. The quantitative estimate of drug-likeness (QED) is 0.829. The van der Waals surface area contributed by atoms with E-state index < -0.39 is 0 Å². The van der Waals surface area contributed by atoms with Crippen molar-refractivity contribution >= 4 is 17.3 Å². The lowest BCUT2D eigenvalue weighted by atomic mass is 10.0. The number of halogens is 1. The molecule has 0 heterocycles. The number of hydrogen-bond acceptors (Lipinski definition) is 2. The normalized spacial score (nSPS) is 12.9. The van der Waals surface area contributed by atoms with Crippen LogP contribution in [0.1, 0.15) is 19.4 Å². The van der Waals surface area contributed by atoms with Gasteiger partial charge in [0.25, 0.3) is 0 Å². The summed E-state index contributed by atoms with van der Waals surface area (Å²) >= 11 is 5.92. The van der Waals surface area contributed by atoms with E-state index in [1.54, 1.807) is 0 Å². The molecule has 0 saturated heterocycles. The Morgan fingerprint density at radius 2 is 2.07 bits per heavy atom. The molecule has 0 radical (unpaired) electrons. The van der Waals surface area contributed by atoms with E-state index in [0.29, 0.717) is 10.9 Å². The molecule has 15 heavy (non-hydrogen) atoms. The van der Waals surface area contributed by atoms with Gasteiger partial charge in [0, 0.05) is 10.7 Å². The summed E-state index contributed by atoms with van der Waals surface area (Å²) in [7, 11) is 0. The molecule has 1 rings (SSSR count). The molecule has 1 aromatic rings. The van der Waals surface area contributed by atoms with Crippen LogP contribution in [0, 0.1) is 12.8 Å². The van der Waals surface area contributed by atoms with E-state index in [0.717, 1.165) is 11.3 Å². The molecule has 84 valence electrons. The van der Waals surface area contributed by atoms with Crippen molar-refractivity contribution in [2.45, 2.75) is 26.8 Å². The molecule has 1 unspecified atom stereocenters. The molecule has 0 bridgehead atoms. The fraction of sp³-hybridized carbons (Fsp3) is 0.500. The Morgan fingerprint density at radius 1 is 1.40 bits per heavy atom. The SMILES string of the molecule is Cc1ccc(Cl)cc1NC(CO)C(C)C. The van der Waals surface area contributed by atoms with E-state index in [9.17, 15) is 5.11 Å². The Morgan fingerprint density at radius 3 is 2.60 bits per heavy atom. The summed E-state index contributed by atoms with van der Waals surface area (Å²) < 4.78 is 0.